The quantitative estimate of drug-likeness (QED) is 0.836. The summed E-state index contributed by atoms with van der Waals surface area (Å²) in [6, 6.07) is 1.06. The third-order valence-corrected chi connectivity index (χ3v) is 4.76. The largest absolute Gasteiger partial charge is 0.384 e. The van der Waals surface area contributed by atoms with Crippen molar-refractivity contribution < 1.29 is 8.42 Å². The van der Waals surface area contributed by atoms with Crippen molar-refractivity contribution in [3.05, 3.63) is 18.1 Å². The number of nitrogens with one attached hydrogen (secondary N) is 1. The number of nitrogen functional groups attached to an aromatic ring is 1. The highest BCUT2D eigenvalue weighted by Gasteiger charge is 2.26. The fraction of sp³-hybridized carbons (Fsp3) is 0.636. The molecule has 1 aromatic rings. The average molecular weight is 285 g/mol. The molecule has 3 N–H and O–H groups in total. The summed E-state index contributed by atoms with van der Waals surface area (Å²) in [5.74, 6) is 0.703. The molecule has 1 aliphatic heterocycles. The Morgan fingerprint density at radius 3 is 2.68 bits per heavy atom. The van der Waals surface area contributed by atoms with Gasteiger partial charge in [0.1, 0.15) is 11.6 Å². The SMILES string of the molecule is CC(NS(=O)(=O)N1CCCCC1)c1nccc(N)n1. The molecule has 1 aliphatic rings. The number of hydrogen-bond donors (Lipinski definition) is 2. The summed E-state index contributed by atoms with van der Waals surface area (Å²) >= 11 is 0. The summed E-state index contributed by atoms with van der Waals surface area (Å²) in [5.41, 5.74) is 5.56. The number of aromatic nitrogens is 2. The van der Waals surface area contributed by atoms with Gasteiger partial charge in [0.2, 0.25) is 0 Å². The number of rotatable bonds is 4. The summed E-state index contributed by atoms with van der Waals surface area (Å²) in [7, 11) is -3.48. The minimum Gasteiger partial charge on any atom is -0.384 e. The zero-order valence-corrected chi connectivity index (χ0v) is 11.7. The van der Waals surface area contributed by atoms with Gasteiger partial charge in [0.15, 0.2) is 0 Å². The summed E-state index contributed by atoms with van der Waals surface area (Å²) in [6.07, 6.45) is 4.41. The van der Waals surface area contributed by atoms with Gasteiger partial charge in [-0.2, -0.15) is 17.4 Å². The molecule has 0 amide bonds. The molecule has 0 aliphatic carbocycles. The molecule has 2 heterocycles. The second kappa shape index (κ2) is 5.81. The van der Waals surface area contributed by atoms with E-state index in [1.54, 1.807) is 13.0 Å². The van der Waals surface area contributed by atoms with Gasteiger partial charge in [0.25, 0.3) is 10.2 Å². The topological polar surface area (TPSA) is 101 Å². The van der Waals surface area contributed by atoms with Crippen LogP contribution in [0.25, 0.3) is 0 Å². The van der Waals surface area contributed by atoms with Crippen LogP contribution in [-0.4, -0.2) is 35.8 Å². The van der Waals surface area contributed by atoms with Crippen LogP contribution in [0.1, 0.15) is 38.1 Å². The van der Waals surface area contributed by atoms with E-state index in [4.69, 9.17) is 5.73 Å². The highest BCUT2D eigenvalue weighted by atomic mass is 32.2. The molecule has 1 aromatic heterocycles. The fourth-order valence-electron chi connectivity index (χ4n) is 2.05. The number of piperidine rings is 1. The maximum atomic E-state index is 12.2. The molecule has 8 heteroatoms. The predicted molar refractivity (Wildman–Crippen MR) is 72.3 cm³/mol. The van der Waals surface area contributed by atoms with E-state index in [0.29, 0.717) is 24.7 Å². The highest BCUT2D eigenvalue weighted by Crippen LogP contribution is 2.15. The lowest BCUT2D eigenvalue weighted by Gasteiger charge is -2.27. The number of hydrogen-bond acceptors (Lipinski definition) is 5. The second-order valence-electron chi connectivity index (χ2n) is 4.64. The van der Waals surface area contributed by atoms with Crippen molar-refractivity contribution in [1.82, 2.24) is 19.0 Å². The summed E-state index contributed by atoms with van der Waals surface area (Å²) in [6.45, 7) is 2.84. The molecule has 7 nitrogen and oxygen atoms in total. The van der Waals surface area contributed by atoms with Crippen molar-refractivity contribution in [2.75, 3.05) is 18.8 Å². The van der Waals surface area contributed by atoms with E-state index < -0.39 is 16.3 Å². The second-order valence-corrected chi connectivity index (χ2v) is 6.35. The van der Waals surface area contributed by atoms with Gasteiger partial charge in [0, 0.05) is 19.3 Å². The van der Waals surface area contributed by atoms with Gasteiger partial charge < -0.3 is 5.73 Å². The molecule has 0 aromatic carbocycles. The van der Waals surface area contributed by atoms with Crippen LogP contribution < -0.4 is 10.5 Å². The molecular weight excluding hydrogens is 266 g/mol. The normalized spacial score (nSPS) is 19.2. The fourth-order valence-corrected chi connectivity index (χ4v) is 3.49. The molecule has 0 saturated carbocycles. The number of anilines is 1. The Hall–Kier alpha value is -1.25. The first-order valence-electron chi connectivity index (χ1n) is 6.35. The molecule has 19 heavy (non-hydrogen) atoms. The monoisotopic (exact) mass is 285 g/mol. The van der Waals surface area contributed by atoms with Crippen LogP contribution >= 0.6 is 0 Å². The van der Waals surface area contributed by atoms with Gasteiger partial charge in [-0.1, -0.05) is 6.42 Å². The Bertz CT molecular complexity index is 528. The Morgan fingerprint density at radius 2 is 2.05 bits per heavy atom. The molecule has 1 fully saturated rings. The van der Waals surface area contributed by atoms with Crippen molar-refractivity contribution in [2.24, 2.45) is 0 Å². The molecule has 1 saturated heterocycles. The number of nitrogens with zero attached hydrogens (tertiary/aromatic N) is 3. The van der Waals surface area contributed by atoms with Crippen LogP contribution in [0.3, 0.4) is 0 Å². The van der Waals surface area contributed by atoms with Gasteiger partial charge >= 0.3 is 0 Å². The predicted octanol–water partition coefficient (Wildman–Crippen LogP) is 0.440. The molecular formula is C11H19N5O2S. The first-order valence-corrected chi connectivity index (χ1v) is 7.79. The molecule has 0 radical (unpaired) electrons. The van der Waals surface area contributed by atoms with Crippen molar-refractivity contribution in [3.8, 4) is 0 Å². The van der Waals surface area contributed by atoms with Crippen LogP contribution in [0.5, 0.6) is 0 Å². The van der Waals surface area contributed by atoms with Crippen molar-refractivity contribution in [2.45, 2.75) is 32.2 Å². The molecule has 1 atom stereocenters. The van der Waals surface area contributed by atoms with Crippen molar-refractivity contribution in [1.29, 1.82) is 0 Å². The van der Waals surface area contributed by atoms with Crippen LogP contribution in [0.2, 0.25) is 0 Å². The lowest BCUT2D eigenvalue weighted by molar-refractivity contribution is 0.339. The molecule has 106 valence electrons. The van der Waals surface area contributed by atoms with Crippen LogP contribution in [-0.2, 0) is 10.2 Å². The molecule has 0 bridgehead atoms. The van der Waals surface area contributed by atoms with Gasteiger partial charge in [-0.3, -0.25) is 0 Å². The third-order valence-electron chi connectivity index (χ3n) is 3.06. The summed E-state index contributed by atoms with van der Waals surface area (Å²) < 4.78 is 28.4. The van der Waals surface area contributed by atoms with Crippen molar-refractivity contribution in [3.63, 3.8) is 0 Å². The van der Waals surface area contributed by atoms with Gasteiger partial charge in [-0.25, -0.2) is 9.97 Å². The average Bonchev–Trinajstić information content (AvgIpc) is 2.39. The smallest absolute Gasteiger partial charge is 0.280 e. The zero-order chi connectivity index (χ0) is 13.9. The van der Waals surface area contributed by atoms with E-state index in [9.17, 15) is 8.42 Å². The van der Waals surface area contributed by atoms with Gasteiger partial charge in [-0.05, 0) is 25.8 Å². The van der Waals surface area contributed by atoms with E-state index in [0.717, 1.165) is 19.3 Å². The Labute approximate surface area is 113 Å². The number of nitrogens with two attached hydrogens (primary N) is 1. The van der Waals surface area contributed by atoms with Crippen LogP contribution in [0.15, 0.2) is 12.3 Å². The minimum atomic E-state index is -3.48. The van der Waals surface area contributed by atoms with E-state index in [2.05, 4.69) is 14.7 Å². The standard InChI is InChI=1S/C11H19N5O2S/c1-9(11-13-6-5-10(12)14-11)15-19(17,18)16-7-3-2-4-8-16/h5-6,9,15H,2-4,7-8H2,1H3,(H2,12,13,14). The lowest BCUT2D eigenvalue weighted by Crippen LogP contribution is -2.44. The maximum Gasteiger partial charge on any atom is 0.280 e. The van der Waals surface area contributed by atoms with Crippen LogP contribution in [0.4, 0.5) is 5.82 Å². The molecule has 2 rings (SSSR count). The molecule has 1 unspecified atom stereocenters. The lowest BCUT2D eigenvalue weighted by atomic mass is 10.2. The summed E-state index contributed by atoms with van der Waals surface area (Å²) in [5, 5.41) is 0. The third kappa shape index (κ3) is 3.62. The van der Waals surface area contributed by atoms with E-state index in [1.807, 2.05) is 0 Å². The molecule has 0 spiro atoms. The van der Waals surface area contributed by atoms with Gasteiger partial charge in [-0.15, -0.1) is 0 Å². The first kappa shape index (κ1) is 14.2. The Morgan fingerprint density at radius 1 is 1.37 bits per heavy atom. The highest BCUT2D eigenvalue weighted by molar-refractivity contribution is 7.87. The van der Waals surface area contributed by atoms with E-state index >= 15 is 0 Å². The minimum absolute atomic E-state index is 0.328. The summed E-state index contributed by atoms with van der Waals surface area (Å²) in [4.78, 5) is 8.06. The zero-order valence-electron chi connectivity index (χ0n) is 10.9. The van der Waals surface area contributed by atoms with E-state index in [1.165, 1.54) is 10.5 Å². The van der Waals surface area contributed by atoms with Crippen LogP contribution in [0, 0.1) is 0 Å². The van der Waals surface area contributed by atoms with E-state index in [-0.39, 0.29) is 0 Å². The Kier molecular flexibility index (Phi) is 4.33. The van der Waals surface area contributed by atoms with Crippen molar-refractivity contribution >= 4 is 16.0 Å². The maximum absolute atomic E-state index is 12.2. The first-order chi connectivity index (χ1) is 8.99. The van der Waals surface area contributed by atoms with Gasteiger partial charge in [0.05, 0.1) is 6.04 Å². The Balaban J connectivity index is 2.07.